The zero-order valence-electron chi connectivity index (χ0n) is 16.6. The van der Waals surface area contributed by atoms with Crippen molar-refractivity contribution in [1.82, 2.24) is 9.97 Å². The van der Waals surface area contributed by atoms with Gasteiger partial charge >= 0.3 is 5.97 Å². The van der Waals surface area contributed by atoms with E-state index in [1.54, 1.807) is 12.1 Å². The van der Waals surface area contributed by atoms with Gasteiger partial charge in [0.15, 0.2) is 0 Å². The van der Waals surface area contributed by atoms with Crippen molar-refractivity contribution in [3.05, 3.63) is 83.3 Å². The van der Waals surface area contributed by atoms with Crippen LogP contribution in [0.1, 0.15) is 29.7 Å². The number of thiazole rings is 1. The Morgan fingerprint density at radius 1 is 1.13 bits per heavy atom. The monoisotopic (exact) mass is 433 g/mol. The van der Waals surface area contributed by atoms with Crippen LogP contribution in [0.4, 0.5) is 4.39 Å². The SMILES string of the molecule is N[C@H](Cc1ccc(-c2nc3ccc(C4(c5ccccc5)CC4)nc3s2)c(F)c1)C(=O)O. The van der Waals surface area contributed by atoms with E-state index in [4.69, 9.17) is 15.8 Å². The summed E-state index contributed by atoms with van der Waals surface area (Å²) in [7, 11) is 0. The van der Waals surface area contributed by atoms with Crippen molar-refractivity contribution in [2.75, 3.05) is 0 Å². The van der Waals surface area contributed by atoms with Gasteiger partial charge in [-0.1, -0.05) is 47.7 Å². The van der Waals surface area contributed by atoms with Crippen molar-refractivity contribution in [3.63, 3.8) is 0 Å². The van der Waals surface area contributed by atoms with Crippen LogP contribution >= 0.6 is 11.3 Å². The number of carboxylic acid groups (broad SMARTS) is 1. The van der Waals surface area contributed by atoms with E-state index in [1.807, 2.05) is 18.2 Å². The van der Waals surface area contributed by atoms with Gasteiger partial charge in [-0.25, -0.2) is 14.4 Å². The van der Waals surface area contributed by atoms with Crippen molar-refractivity contribution < 1.29 is 14.3 Å². The van der Waals surface area contributed by atoms with Gasteiger partial charge in [-0.3, -0.25) is 4.79 Å². The molecule has 0 unspecified atom stereocenters. The van der Waals surface area contributed by atoms with Gasteiger partial charge in [-0.2, -0.15) is 0 Å². The first-order chi connectivity index (χ1) is 15.0. The van der Waals surface area contributed by atoms with Crippen LogP contribution in [-0.4, -0.2) is 27.1 Å². The number of carbonyl (C=O) groups is 1. The fourth-order valence-electron chi connectivity index (χ4n) is 3.97. The summed E-state index contributed by atoms with van der Waals surface area (Å²) in [6.07, 6.45) is 2.20. The number of nitrogens with two attached hydrogens (primary N) is 1. The molecule has 1 aliphatic rings. The molecule has 4 aromatic rings. The van der Waals surface area contributed by atoms with Crippen LogP contribution in [0.5, 0.6) is 0 Å². The summed E-state index contributed by atoms with van der Waals surface area (Å²) < 4.78 is 14.8. The molecule has 2 aromatic heterocycles. The molecular formula is C24H20FN3O2S. The van der Waals surface area contributed by atoms with E-state index in [0.717, 1.165) is 28.9 Å². The highest BCUT2D eigenvalue weighted by atomic mass is 32.1. The topological polar surface area (TPSA) is 89.1 Å². The molecule has 31 heavy (non-hydrogen) atoms. The molecule has 0 aliphatic heterocycles. The van der Waals surface area contributed by atoms with Gasteiger partial charge in [0.1, 0.15) is 27.2 Å². The summed E-state index contributed by atoms with van der Waals surface area (Å²) in [4.78, 5) is 21.2. The van der Waals surface area contributed by atoms with Crippen molar-refractivity contribution >= 4 is 27.7 Å². The maximum Gasteiger partial charge on any atom is 0.320 e. The van der Waals surface area contributed by atoms with Crippen LogP contribution in [-0.2, 0) is 16.6 Å². The van der Waals surface area contributed by atoms with Gasteiger partial charge in [0.2, 0.25) is 0 Å². The van der Waals surface area contributed by atoms with Gasteiger partial charge < -0.3 is 10.8 Å². The second-order valence-corrected chi connectivity index (χ2v) is 8.93. The fraction of sp³-hybridized carbons (Fsp3) is 0.208. The molecule has 1 fully saturated rings. The maximum absolute atomic E-state index is 14.8. The number of aromatic nitrogens is 2. The molecule has 0 radical (unpaired) electrons. The number of benzene rings is 2. The second kappa shape index (κ2) is 7.51. The van der Waals surface area contributed by atoms with E-state index in [1.165, 1.54) is 23.0 Å². The number of fused-ring (bicyclic) bond motifs is 1. The molecule has 0 amide bonds. The zero-order chi connectivity index (χ0) is 21.6. The molecule has 1 atom stereocenters. The third kappa shape index (κ3) is 3.60. The summed E-state index contributed by atoms with van der Waals surface area (Å²) in [5.74, 6) is -1.56. The molecule has 0 bridgehead atoms. The summed E-state index contributed by atoms with van der Waals surface area (Å²) in [5, 5.41) is 9.50. The smallest absolute Gasteiger partial charge is 0.320 e. The number of pyridine rings is 1. The minimum atomic E-state index is -1.11. The lowest BCUT2D eigenvalue weighted by Gasteiger charge is -2.14. The Morgan fingerprint density at radius 3 is 2.58 bits per heavy atom. The lowest BCUT2D eigenvalue weighted by atomic mass is 9.92. The standard InChI is InChI=1S/C24H20FN3O2S/c25-17-12-14(13-18(26)23(29)30)6-7-16(17)21-27-19-8-9-20(28-22(19)31-21)24(10-11-24)15-4-2-1-3-5-15/h1-9,12,18H,10-11,13,26H2,(H,29,30)/t18-/m1/s1. The van der Waals surface area contributed by atoms with Crippen LogP contribution in [0.15, 0.2) is 60.7 Å². The van der Waals surface area contributed by atoms with E-state index in [9.17, 15) is 9.18 Å². The molecule has 1 aliphatic carbocycles. The minimum Gasteiger partial charge on any atom is -0.480 e. The molecule has 156 valence electrons. The largest absolute Gasteiger partial charge is 0.480 e. The van der Waals surface area contributed by atoms with Gasteiger partial charge in [0.25, 0.3) is 0 Å². The zero-order valence-corrected chi connectivity index (χ0v) is 17.4. The Balaban J connectivity index is 1.47. The third-order valence-corrected chi connectivity index (χ3v) is 6.86. The van der Waals surface area contributed by atoms with E-state index in [2.05, 4.69) is 29.2 Å². The summed E-state index contributed by atoms with van der Waals surface area (Å²) in [6, 6.07) is 18.0. The van der Waals surface area contributed by atoms with E-state index < -0.39 is 17.8 Å². The van der Waals surface area contributed by atoms with Crippen LogP contribution in [0.2, 0.25) is 0 Å². The summed E-state index contributed by atoms with van der Waals surface area (Å²) in [5.41, 5.74) is 9.48. The maximum atomic E-state index is 14.8. The molecule has 5 nitrogen and oxygen atoms in total. The van der Waals surface area contributed by atoms with Crippen LogP contribution in [0, 0.1) is 5.82 Å². The van der Waals surface area contributed by atoms with Crippen molar-refractivity contribution in [2.45, 2.75) is 30.7 Å². The molecule has 3 N–H and O–H groups in total. The highest BCUT2D eigenvalue weighted by Gasteiger charge is 2.47. The first-order valence-corrected chi connectivity index (χ1v) is 10.9. The summed E-state index contributed by atoms with van der Waals surface area (Å²) in [6.45, 7) is 0. The highest BCUT2D eigenvalue weighted by molar-refractivity contribution is 7.21. The molecule has 2 heterocycles. The number of halogens is 1. The average Bonchev–Trinajstić information content (AvgIpc) is 3.47. The third-order valence-electron chi connectivity index (χ3n) is 5.86. The molecule has 0 spiro atoms. The number of rotatable bonds is 6. The van der Waals surface area contributed by atoms with Gasteiger partial charge in [-0.05, 0) is 54.7 Å². The first-order valence-electron chi connectivity index (χ1n) is 10.1. The minimum absolute atomic E-state index is 0.0323. The molecule has 1 saturated carbocycles. The highest BCUT2D eigenvalue weighted by Crippen LogP contribution is 2.53. The second-order valence-electron chi connectivity index (χ2n) is 7.95. The van der Waals surface area contributed by atoms with Crippen molar-refractivity contribution in [1.29, 1.82) is 0 Å². The average molecular weight is 434 g/mol. The molecule has 5 rings (SSSR count). The molecule has 0 saturated heterocycles. The number of hydrogen-bond acceptors (Lipinski definition) is 5. The van der Waals surface area contributed by atoms with Crippen molar-refractivity contribution in [3.8, 4) is 10.6 Å². The molecular weight excluding hydrogens is 413 g/mol. The van der Waals surface area contributed by atoms with Gasteiger partial charge in [0, 0.05) is 11.0 Å². The Bertz CT molecular complexity index is 1280. The number of aliphatic carboxylic acids is 1. The van der Waals surface area contributed by atoms with Crippen LogP contribution in [0.3, 0.4) is 0 Å². The summed E-state index contributed by atoms with van der Waals surface area (Å²) >= 11 is 1.36. The number of carboxylic acids is 1. The van der Waals surface area contributed by atoms with Gasteiger partial charge in [-0.15, -0.1) is 0 Å². The lowest BCUT2D eigenvalue weighted by molar-refractivity contribution is -0.138. The Hall–Kier alpha value is -3.16. The van der Waals surface area contributed by atoms with Crippen LogP contribution < -0.4 is 5.73 Å². The first kappa shape index (κ1) is 19.8. The number of hydrogen-bond donors (Lipinski definition) is 2. The Kier molecular flexibility index (Phi) is 4.79. The van der Waals surface area contributed by atoms with E-state index in [-0.39, 0.29) is 11.8 Å². The normalized spacial score (nSPS) is 15.7. The van der Waals surface area contributed by atoms with Crippen molar-refractivity contribution in [2.24, 2.45) is 5.73 Å². The van der Waals surface area contributed by atoms with Gasteiger partial charge in [0.05, 0.1) is 5.69 Å². The Morgan fingerprint density at radius 2 is 1.90 bits per heavy atom. The Labute approximate surface area is 182 Å². The molecule has 7 heteroatoms. The number of nitrogens with zero attached hydrogens (tertiary/aromatic N) is 2. The van der Waals surface area contributed by atoms with E-state index in [0.29, 0.717) is 16.1 Å². The predicted octanol–water partition coefficient (Wildman–Crippen LogP) is 4.53. The quantitative estimate of drug-likeness (QED) is 0.466. The van der Waals surface area contributed by atoms with Crippen LogP contribution in [0.25, 0.3) is 20.9 Å². The lowest BCUT2D eigenvalue weighted by Crippen LogP contribution is -2.32. The molecule has 2 aromatic carbocycles. The van der Waals surface area contributed by atoms with E-state index >= 15 is 0 Å². The fourth-order valence-corrected chi connectivity index (χ4v) is 4.94. The predicted molar refractivity (Wildman–Crippen MR) is 119 cm³/mol.